The number of carbonyl (C=O) groups excluding carboxylic acids is 1. The zero-order valence-electron chi connectivity index (χ0n) is 12.2. The van der Waals surface area contributed by atoms with E-state index in [1.807, 2.05) is 0 Å². The van der Waals surface area contributed by atoms with E-state index in [0.29, 0.717) is 10.6 Å². The largest absolute Gasteiger partial charge is 0.346 e. The number of carbonyl (C=O) groups is 1. The highest BCUT2D eigenvalue weighted by Crippen LogP contribution is 2.39. The van der Waals surface area contributed by atoms with Gasteiger partial charge in [-0.2, -0.15) is 0 Å². The normalized spacial score (nSPS) is 23.0. The maximum absolute atomic E-state index is 14.9. The number of halogens is 2. The van der Waals surface area contributed by atoms with Crippen LogP contribution in [-0.4, -0.2) is 36.0 Å². The van der Waals surface area contributed by atoms with E-state index in [-0.39, 0.29) is 5.54 Å². The summed E-state index contributed by atoms with van der Waals surface area (Å²) in [5, 5.41) is 3.46. The Balaban J connectivity index is 1.67. The van der Waals surface area contributed by atoms with Gasteiger partial charge in [-0.25, -0.2) is 4.39 Å². The van der Waals surface area contributed by atoms with E-state index in [0.717, 1.165) is 32.5 Å². The Hall–Kier alpha value is -1.13. The molecule has 1 amide bonds. The van der Waals surface area contributed by atoms with Gasteiger partial charge in [0.15, 0.2) is 0 Å². The Kier molecular flexibility index (Phi) is 3.70. The van der Waals surface area contributed by atoms with Gasteiger partial charge < -0.3 is 10.2 Å². The molecule has 2 fully saturated rings. The summed E-state index contributed by atoms with van der Waals surface area (Å²) in [5.74, 6) is -0.553. The molecule has 1 unspecified atom stereocenters. The number of hydrogen-bond acceptors (Lipinski definition) is 2. The summed E-state index contributed by atoms with van der Waals surface area (Å²) in [7, 11) is 0. The predicted molar refractivity (Wildman–Crippen MR) is 81.1 cm³/mol. The van der Waals surface area contributed by atoms with Gasteiger partial charge in [-0.3, -0.25) is 4.79 Å². The average molecular weight is 311 g/mol. The van der Waals surface area contributed by atoms with E-state index in [9.17, 15) is 9.18 Å². The molecule has 1 heterocycles. The fourth-order valence-electron chi connectivity index (χ4n) is 2.69. The number of nitrogens with one attached hydrogen (secondary N) is 1. The number of nitrogens with zero attached hydrogens (tertiary/aromatic N) is 1. The predicted octanol–water partition coefficient (Wildman–Crippen LogP) is 2.88. The third-order valence-corrected chi connectivity index (χ3v) is 4.77. The van der Waals surface area contributed by atoms with E-state index in [2.05, 4.69) is 10.2 Å². The highest BCUT2D eigenvalue weighted by Gasteiger charge is 2.49. The minimum Gasteiger partial charge on any atom is -0.346 e. The van der Waals surface area contributed by atoms with Gasteiger partial charge >= 0.3 is 0 Å². The van der Waals surface area contributed by atoms with Crippen LogP contribution in [0.2, 0.25) is 5.02 Å². The van der Waals surface area contributed by atoms with E-state index >= 15 is 0 Å². The number of alkyl halides is 1. The van der Waals surface area contributed by atoms with Crippen molar-refractivity contribution in [1.82, 2.24) is 10.2 Å². The molecule has 3 nitrogen and oxygen atoms in total. The lowest BCUT2D eigenvalue weighted by molar-refractivity contribution is -0.133. The maximum Gasteiger partial charge on any atom is 0.262 e. The van der Waals surface area contributed by atoms with Gasteiger partial charge in [0.1, 0.15) is 0 Å². The number of hydrogen-bond donors (Lipinski definition) is 1. The molecule has 2 aliphatic rings. The van der Waals surface area contributed by atoms with E-state index < -0.39 is 11.6 Å². The number of rotatable bonds is 5. The van der Waals surface area contributed by atoms with Crippen molar-refractivity contribution in [3.05, 3.63) is 34.9 Å². The summed E-state index contributed by atoms with van der Waals surface area (Å²) >= 11 is 5.81. The average Bonchev–Trinajstić information content (AvgIpc) is 3.15. The second kappa shape index (κ2) is 5.25. The van der Waals surface area contributed by atoms with Crippen molar-refractivity contribution in [2.75, 3.05) is 19.6 Å². The van der Waals surface area contributed by atoms with Gasteiger partial charge in [0.25, 0.3) is 5.91 Å². The molecule has 5 heteroatoms. The van der Waals surface area contributed by atoms with Crippen LogP contribution in [0.3, 0.4) is 0 Å². The molecule has 1 aliphatic carbocycles. The molecule has 1 aliphatic heterocycles. The molecule has 1 N–H and O–H groups in total. The lowest BCUT2D eigenvalue weighted by Gasteiger charge is -2.35. The molecule has 0 bridgehead atoms. The van der Waals surface area contributed by atoms with Crippen LogP contribution in [0.4, 0.5) is 4.39 Å². The van der Waals surface area contributed by atoms with E-state index in [1.54, 1.807) is 24.3 Å². The molecule has 1 atom stereocenters. The molecule has 21 heavy (non-hydrogen) atoms. The van der Waals surface area contributed by atoms with Gasteiger partial charge in [0.2, 0.25) is 5.67 Å². The zero-order valence-corrected chi connectivity index (χ0v) is 12.9. The fourth-order valence-corrected chi connectivity index (χ4v) is 2.82. The topological polar surface area (TPSA) is 32.3 Å². The van der Waals surface area contributed by atoms with Crippen molar-refractivity contribution < 1.29 is 9.18 Å². The molecule has 1 saturated heterocycles. The first-order valence-electron chi connectivity index (χ1n) is 7.41. The minimum atomic E-state index is -2.03. The Morgan fingerprint density at radius 3 is 2.48 bits per heavy atom. The molecule has 0 spiro atoms. The van der Waals surface area contributed by atoms with Crippen LogP contribution < -0.4 is 5.32 Å². The van der Waals surface area contributed by atoms with E-state index in [1.165, 1.54) is 13.3 Å². The number of likely N-dealkylation sites (tertiary alicyclic amines) is 1. The SMILES string of the molecule is CC(F)(C(=O)NC1(CN2CCC2)CC1)c1ccc(Cl)cc1. The summed E-state index contributed by atoms with van der Waals surface area (Å²) in [6, 6.07) is 6.34. The summed E-state index contributed by atoms with van der Waals surface area (Å²) in [6.45, 7) is 4.32. The van der Waals surface area contributed by atoms with Crippen molar-refractivity contribution in [1.29, 1.82) is 0 Å². The van der Waals surface area contributed by atoms with Crippen molar-refractivity contribution in [2.24, 2.45) is 0 Å². The van der Waals surface area contributed by atoms with Gasteiger partial charge in [-0.05, 0) is 57.0 Å². The molecule has 1 saturated carbocycles. The minimum absolute atomic E-state index is 0.211. The third-order valence-electron chi connectivity index (χ3n) is 4.52. The van der Waals surface area contributed by atoms with Crippen molar-refractivity contribution in [3.8, 4) is 0 Å². The van der Waals surface area contributed by atoms with Crippen LogP contribution in [-0.2, 0) is 10.5 Å². The van der Waals surface area contributed by atoms with Crippen LogP contribution in [0.5, 0.6) is 0 Å². The van der Waals surface area contributed by atoms with Crippen LogP contribution in [0, 0.1) is 0 Å². The summed E-state index contributed by atoms with van der Waals surface area (Å²) < 4.78 is 14.9. The Bertz CT molecular complexity index is 536. The highest BCUT2D eigenvalue weighted by molar-refractivity contribution is 6.30. The zero-order chi connectivity index (χ0) is 15.1. The van der Waals surface area contributed by atoms with Crippen molar-refractivity contribution in [3.63, 3.8) is 0 Å². The summed E-state index contributed by atoms with van der Waals surface area (Å²) in [5.41, 5.74) is -1.91. The molecule has 0 aromatic heterocycles. The summed E-state index contributed by atoms with van der Waals surface area (Å²) in [4.78, 5) is 14.7. The quantitative estimate of drug-likeness (QED) is 0.907. The Morgan fingerprint density at radius 1 is 1.38 bits per heavy atom. The smallest absolute Gasteiger partial charge is 0.262 e. The Labute approximate surface area is 129 Å². The standard InChI is InChI=1S/C16H20ClFN2O/c1-15(18,12-3-5-13(17)6-4-12)14(21)19-16(7-8-16)11-20-9-2-10-20/h3-6H,2,7-11H2,1H3,(H,19,21). The first-order valence-corrected chi connectivity index (χ1v) is 7.79. The number of benzene rings is 1. The molecule has 1 aromatic rings. The molecular formula is C16H20ClFN2O. The van der Waals surface area contributed by atoms with Crippen LogP contribution >= 0.6 is 11.6 Å². The van der Waals surface area contributed by atoms with Crippen molar-refractivity contribution in [2.45, 2.75) is 37.4 Å². The van der Waals surface area contributed by atoms with Gasteiger partial charge in [0, 0.05) is 11.6 Å². The first kappa shape index (κ1) is 14.8. The van der Waals surface area contributed by atoms with Crippen molar-refractivity contribution >= 4 is 17.5 Å². The number of amides is 1. The van der Waals surface area contributed by atoms with Crippen LogP contribution in [0.15, 0.2) is 24.3 Å². The second-order valence-electron chi connectivity index (χ2n) is 6.37. The van der Waals surface area contributed by atoms with E-state index in [4.69, 9.17) is 11.6 Å². The first-order chi connectivity index (χ1) is 9.91. The second-order valence-corrected chi connectivity index (χ2v) is 6.81. The van der Waals surface area contributed by atoms with Crippen LogP contribution in [0.1, 0.15) is 31.7 Å². The van der Waals surface area contributed by atoms with Crippen LogP contribution in [0.25, 0.3) is 0 Å². The molecule has 114 valence electrons. The summed E-state index contributed by atoms with van der Waals surface area (Å²) in [6.07, 6.45) is 3.09. The van der Waals surface area contributed by atoms with Gasteiger partial charge in [0.05, 0.1) is 5.54 Å². The Morgan fingerprint density at radius 2 is 2.00 bits per heavy atom. The lowest BCUT2D eigenvalue weighted by atomic mass is 9.96. The maximum atomic E-state index is 14.9. The molecule has 3 rings (SSSR count). The fraction of sp³-hybridized carbons (Fsp3) is 0.562. The highest BCUT2D eigenvalue weighted by atomic mass is 35.5. The van der Waals surface area contributed by atoms with Gasteiger partial charge in [-0.15, -0.1) is 0 Å². The lowest BCUT2D eigenvalue weighted by Crippen LogP contribution is -2.53. The van der Waals surface area contributed by atoms with Gasteiger partial charge in [-0.1, -0.05) is 23.7 Å². The molecule has 1 aromatic carbocycles. The molecule has 0 radical (unpaired) electrons. The monoisotopic (exact) mass is 310 g/mol. The third kappa shape index (κ3) is 3.06. The molecular weight excluding hydrogens is 291 g/mol.